The van der Waals surface area contributed by atoms with Crippen molar-refractivity contribution in [1.29, 1.82) is 0 Å². The molecule has 84 valence electrons. The molecule has 0 spiro atoms. The van der Waals surface area contributed by atoms with Crippen LogP contribution in [0.4, 0.5) is 5.82 Å². The van der Waals surface area contributed by atoms with Gasteiger partial charge in [0.15, 0.2) is 0 Å². The van der Waals surface area contributed by atoms with Crippen molar-refractivity contribution < 1.29 is 4.74 Å². The van der Waals surface area contributed by atoms with Gasteiger partial charge in [0.05, 0.1) is 7.11 Å². The minimum absolute atomic E-state index is 0. The van der Waals surface area contributed by atoms with Gasteiger partial charge in [-0.25, -0.2) is 0 Å². The standard InChI is InChI=1S/C10H15N3O.ClH/c1-14-10-4-2-3-9(12-10)13-6-8(5-11)7-13;/h2-4,8H,5-7,11H2,1H3;1H. The predicted molar refractivity (Wildman–Crippen MR) is 62.8 cm³/mol. The molecule has 1 aliphatic heterocycles. The van der Waals surface area contributed by atoms with E-state index in [9.17, 15) is 0 Å². The van der Waals surface area contributed by atoms with Gasteiger partial charge in [-0.2, -0.15) is 4.98 Å². The summed E-state index contributed by atoms with van der Waals surface area (Å²) < 4.78 is 5.06. The van der Waals surface area contributed by atoms with Crippen LogP contribution >= 0.6 is 12.4 Å². The minimum Gasteiger partial charge on any atom is -0.481 e. The van der Waals surface area contributed by atoms with Crippen molar-refractivity contribution in [2.24, 2.45) is 11.7 Å². The molecule has 15 heavy (non-hydrogen) atoms. The van der Waals surface area contributed by atoms with Crippen LogP contribution < -0.4 is 15.4 Å². The van der Waals surface area contributed by atoms with Gasteiger partial charge in [-0.15, -0.1) is 12.4 Å². The fourth-order valence-corrected chi connectivity index (χ4v) is 1.60. The van der Waals surface area contributed by atoms with Gasteiger partial charge in [0, 0.05) is 25.1 Å². The third-order valence-corrected chi connectivity index (χ3v) is 2.53. The predicted octanol–water partition coefficient (Wildman–Crippen LogP) is 0.907. The molecule has 1 aromatic rings. The van der Waals surface area contributed by atoms with Gasteiger partial charge < -0.3 is 15.4 Å². The van der Waals surface area contributed by atoms with Gasteiger partial charge in [-0.1, -0.05) is 6.07 Å². The molecule has 4 nitrogen and oxygen atoms in total. The monoisotopic (exact) mass is 229 g/mol. The van der Waals surface area contributed by atoms with Crippen molar-refractivity contribution in [2.75, 3.05) is 31.6 Å². The van der Waals surface area contributed by atoms with E-state index < -0.39 is 0 Å². The lowest BCUT2D eigenvalue weighted by molar-refractivity contribution is 0.390. The van der Waals surface area contributed by atoms with Crippen LogP contribution in [0.1, 0.15) is 0 Å². The first-order valence-electron chi connectivity index (χ1n) is 4.79. The molecule has 0 saturated carbocycles. The molecule has 0 unspecified atom stereocenters. The lowest BCUT2D eigenvalue weighted by Gasteiger charge is -2.39. The summed E-state index contributed by atoms with van der Waals surface area (Å²) in [4.78, 5) is 6.55. The highest BCUT2D eigenvalue weighted by Gasteiger charge is 2.26. The molecule has 1 fully saturated rings. The second kappa shape index (κ2) is 5.19. The van der Waals surface area contributed by atoms with E-state index in [1.807, 2.05) is 18.2 Å². The molecule has 0 aromatic carbocycles. The van der Waals surface area contributed by atoms with Gasteiger partial charge in [0.1, 0.15) is 5.82 Å². The summed E-state index contributed by atoms with van der Waals surface area (Å²) in [7, 11) is 1.63. The molecule has 0 aliphatic carbocycles. The van der Waals surface area contributed by atoms with Crippen LogP contribution in [0.3, 0.4) is 0 Å². The Kier molecular flexibility index (Phi) is 4.17. The molecule has 0 atom stereocenters. The maximum absolute atomic E-state index is 5.56. The summed E-state index contributed by atoms with van der Waals surface area (Å²) in [5, 5.41) is 0. The first-order valence-corrected chi connectivity index (χ1v) is 4.79. The zero-order chi connectivity index (χ0) is 9.97. The molecule has 0 radical (unpaired) electrons. The van der Waals surface area contributed by atoms with Crippen LogP contribution in [-0.4, -0.2) is 31.7 Å². The third kappa shape index (κ3) is 2.52. The molecule has 1 aliphatic rings. The number of hydrogen-bond acceptors (Lipinski definition) is 4. The average Bonchev–Trinajstić information content (AvgIpc) is 2.17. The fourth-order valence-electron chi connectivity index (χ4n) is 1.60. The number of halogens is 1. The average molecular weight is 230 g/mol. The highest BCUT2D eigenvalue weighted by Crippen LogP contribution is 2.23. The highest BCUT2D eigenvalue weighted by atomic mass is 35.5. The number of rotatable bonds is 3. The third-order valence-electron chi connectivity index (χ3n) is 2.53. The summed E-state index contributed by atoms with van der Waals surface area (Å²) in [6.07, 6.45) is 0. The maximum Gasteiger partial charge on any atom is 0.214 e. The number of pyridine rings is 1. The molecular weight excluding hydrogens is 214 g/mol. The van der Waals surface area contributed by atoms with E-state index in [4.69, 9.17) is 10.5 Å². The fraction of sp³-hybridized carbons (Fsp3) is 0.500. The summed E-state index contributed by atoms with van der Waals surface area (Å²) in [5.41, 5.74) is 5.56. The van der Waals surface area contributed by atoms with Crippen molar-refractivity contribution in [3.63, 3.8) is 0 Å². The van der Waals surface area contributed by atoms with Gasteiger partial charge in [-0.05, 0) is 12.6 Å². The van der Waals surface area contributed by atoms with Crippen molar-refractivity contribution in [3.05, 3.63) is 18.2 Å². The largest absolute Gasteiger partial charge is 0.481 e. The summed E-state index contributed by atoms with van der Waals surface area (Å²) in [5.74, 6) is 2.27. The van der Waals surface area contributed by atoms with Crippen molar-refractivity contribution in [2.45, 2.75) is 0 Å². The molecular formula is C10H16ClN3O. The second-order valence-corrected chi connectivity index (χ2v) is 3.54. The van der Waals surface area contributed by atoms with Gasteiger partial charge >= 0.3 is 0 Å². The Morgan fingerprint density at radius 2 is 2.27 bits per heavy atom. The van der Waals surface area contributed by atoms with E-state index in [0.717, 1.165) is 25.5 Å². The van der Waals surface area contributed by atoms with Crippen LogP contribution in [0.5, 0.6) is 5.88 Å². The number of methoxy groups -OCH3 is 1. The Labute approximate surface area is 95.8 Å². The summed E-state index contributed by atoms with van der Waals surface area (Å²) in [6, 6.07) is 5.80. The summed E-state index contributed by atoms with van der Waals surface area (Å²) >= 11 is 0. The van der Waals surface area contributed by atoms with Crippen molar-refractivity contribution in [1.82, 2.24) is 4.98 Å². The van der Waals surface area contributed by atoms with Crippen LogP contribution in [0.25, 0.3) is 0 Å². The quantitative estimate of drug-likeness (QED) is 0.837. The van der Waals surface area contributed by atoms with Gasteiger partial charge in [0.2, 0.25) is 5.88 Å². The number of anilines is 1. The highest BCUT2D eigenvalue weighted by molar-refractivity contribution is 5.85. The molecule has 2 heterocycles. The first kappa shape index (κ1) is 12.1. The zero-order valence-corrected chi connectivity index (χ0v) is 9.54. The molecule has 5 heteroatoms. The molecule has 1 aromatic heterocycles. The first-order chi connectivity index (χ1) is 6.83. The molecule has 2 rings (SSSR count). The Bertz CT molecular complexity index is 315. The van der Waals surface area contributed by atoms with Gasteiger partial charge in [-0.3, -0.25) is 0 Å². The van der Waals surface area contributed by atoms with Crippen molar-refractivity contribution in [3.8, 4) is 5.88 Å². The molecule has 0 amide bonds. The van der Waals surface area contributed by atoms with E-state index in [1.165, 1.54) is 0 Å². The Morgan fingerprint density at radius 1 is 1.53 bits per heavy atom. The Morgan fingerprint density at radius 3 is 2.87 bits per heavy atom. The minimum atomic E-state index is 0. The van der Waals surface area contributed by atoms with Crippen LogP contribution in [0.2, 0.25) is 0 Å². The smallest absolute Gasteiger partial charge is 0.214 e. The number of aromatic nitrogens is 1. The number of nitrogens with zero attached hydrogens (tertiary/aromatic N) is 2. The van der Waals surface area contributed by atoms with E-state index in [2.05, 4.69) is 9.88 Å². The zero-order valence-electron chi connectivity index (χ0n) is 8.72. The van der Waals surface area contributed by atoms with E-state index in [1.54, 1.807) is 7.11 Å². The van der Waals surface area contributed by atoms with Crippen LogP contribution in [0, 0.1) is 5.92 Å². The summed E-state index contributed by atoms with van der Waals surface area (Å²) in [6.45, 7) is 2.79. The molecule has 1 saturated heterocycles. The number of hydrogen-bond donors (Lipinski definition) is 1. The van der Waals surface area contributed by atoms with Crippen LogP contribution in [0.15, 0.2) is 18.2 Å². The number of nitrogens with two attached hydrogens (primary N) is 1. The van der Waals surface area contributed by atoms with E-state index in [-0.39, 0.29) is 12.4 Å². The van der Waals surface area contributed by atoms with E-state index in [0.29, 0.717) is 11.8 Å². The Hall–Kier alpha value is -1.00. The van der Waals surface area contributed by atoms with Crippen molar-refractivity contribution >= 4 is 18.2 Å². The SMILES string of the molecule is COc1cccc(N2CC(CN)C2)n1.Cl. The maximum atomic E-state index is 5.56. The lowest BCUT2D eigenvalue weighted by atomic mass is 10.0. The van der Waals surface area contributed by atoms with Crippen LogP contribution in [-0.2, 0) is 0 Å². The normalized spacial score (nSPS) is 15.5. The second-order valence-electron chi connectivity index (χ2n) is 3.54. The van der Waals surface area contributed by atoms with Gasteiger partial charge in [0.25, 0.3) is 0 Å². The topological polar surface area (TPSA) is 51.4 Å². The number of ether oxygens (including phenoxy) is 1. The van der Waals surface area contributed by atoms with E-state index >= 15 is 0 Å². The lowest BCUT2D eigenvalue weighted by Crippen LogP contribution is -2.50. The molecule has 0 bridgehead atoms. The molecule has 2 N–H and O–H groups in total. The Balaban J connectivity index is 0.00000112.